The molecule has 1 aliphatic carbocycles. The maximum atomic E-state index is 12.2. The van der Waals surface area contributed by atoms with E-state index in [1.54, 1.807) is 0 Å². The number of benzene rings is 1. The van der Waals surface area contributed by atoms with Crippen LogP contribution in [0.1, 0.15) is 25.7 Å². The number of hydrogen-bond donors (Lipinski definition) is 2. The first-order chi connectivity index (χ1) is 10.1. The minimum atomic E-state index is -1.12. The van der Waals surface area contributed by atoms with Crippen molar-refractivity contribution in [3.63, 3.8) is 0 Å². The van der Waals surface area contributed by atoms with E-state index in [9.17, 15) is 14.7 Å². The predicted molar refractivity (Wildman–Crippen MR) is 74.5 cm³/mol. The Kier molecular flexibility index (Phi) is 3.32. The minimum absolute atomic E-state index is 0.0322. The highest BCUT2D eigenvalue weighted by Crippen LogP contribution is 2.29. The Morgan fingerprint density at radius 3 is 2.71 bits per heavy atom. The van der Waals surface area contributed by atoms with Crippen molar-refractivity contribution in [2.24, 2.45) is 0 Å². The molecule has 0 saturated heterocycles. The summed E-state index contributed by atoms with van der Waals surface area (Å²) in [7, 11) is 0. The maximum Gasteiger partial charge on any atom is 0.329 e. The Hall–Kier alpha value is -2.44. The number of para-hydroxylation sites is 1. The van der Waals surface area contributed by atoms with Crippen molar-refractivity contribution < 1.29 is 14.7 Å². The summed E-state index contributed by atoms with van der Waals surface area (Å²) in [4.78, 5) is 23.6. The van der Waals surface area contributed by atoms with Gasteiger partial charge in [0.2, 0.25) is 5.91 Å². The molecule has 3 rings (SSSR count). The molecule has 1 fully saturated rings. The highest BCUT2D eigenvalue weighted by atomic mass is 16.4. The molecule has 1 aliphatic rings. The molecule has 7 nitrogen and oxygen atoms in total. The van der Waals surface area contributed by atoms with Gasteiger partial charge in [0.05, 0.1) is 5.52 Å². The summed E-state index contributed by atoms with van der Waals surface area (Å²) in [5.41, 5.74) is 0.343. The lowest BCUT2D eigenvalue weighted by molar-refractivity contribution is -0.147. The number of hydrogen-bond acceptors (Lipinski definition) is 4. The van der Waals surface area contributed by atoms with Crippen molar-refractivity contribution in [1.29, 1.82) is 0 Å². The fourth-order valence-corrected chi connectivity index (χ4v) is 2.85. The second-order valence-electron chi connectivity index (χ2n) is 5.38. The lowest BCUT2D eigenvalue weighted by atomic mass is 9.98. The Morgan fingerprint density at radius 1 is 1.29 bits per heavy atom. The number of nitrogens with zero attached hydrogens (tertiary/aromatic N) is 3. The van der Waals surface area contributed by atoms with Gasteiger partial charge in [0, 0.05) is 0 Å². The van der Waals surface area contributed by atoms with E-state index in [4.69, 9.17) is 0 Å². The number of carbonyl (C=O) groups is 2. The number of carbonyl (C=O) groups excluding carboxylic acids is 1. The normalized spacial score (nSPS) is 17.0. The van der Waals surface area contributed by atoms with Gasteiger partial charge in [0.15, 0.2) is 0 Å². The van der Waals surface area contributed by atoms with Crippen LogP contribution in [0.5, 0.6) is 0 Å². The average molecular weight is 288 g/mol. The molecule has 7 heteroatoms. The highest BCUT2D eigenvalue weighted by Gasteiger charge is 2.42. The van der Waals surface area contributed by atoms with E-state index in [1.807, 2.05) is 24.3 Å². The van der Waals surface area contributed by atoms with Gasteiger partial charge in [-0.25, -0.2) is 9.48 Å². The van der Waals surface area contributed by atoms with Crippen LogP contribution in [0.4, 0.5) is 0 Å². The van der Waals surface area contributed by atoms with Crippen LogP contribution in [0.15, 0.2) is 24.3 Å². The third-order valence-corrected chi connectivity index (χ3v) is 3.96. The predicted octanol–water partition coefficient (Wildman–Crippen LogP) is 0.945. The average Bonchev–Trinajstić information content (AvgIpc) is 3.08. The third-order valence-electron chi connectivity index (χ3n) is 3.96. The summed E-state index contributed by atoms with van der Waals surface area (Å²) in [5.74, 6) is -1.31. The van der Waals surface area contributed by atoms with Crippen molar-refractivity contribution in [3.8, 4) is 0 Å². The van der Waals surface area contributed by atoms with Crippen LogP contribution in [0, 0.1) is 0 Å². The number of carboxylic acid groups (broad SMARTS) is 1. The van der Waals surface area contributed by atoms with Crippen molar-refractivity contribution in [2.75, 3.05) is 0 Å². The highest BCUT2D eigenvalue weighted by molar-refractivity contribution is 5.87. The van der Waals surface area contributed by atoms with Crippen LogP contribution in [0.3, 0.4) is 0 Å². The molecule has 0 spiro atoms. The second-order valence-corrected chi connectivity index (χ2v) is 5.38. The molecule has 1 aromatic heterocycles. The number of nitrogens with one attached hydrogen (secondary N) is 1. The van der Waals surface area contributed by atoms with E-state index in [0.29, 0.717) is 18.4 Å². The van der Waals surface area contributed by atoms with Gasteiger partial charge < -0.3 is 10.4 Å². The SMILES string of the molecule is O=C(Cn1nnc2ccccc21)NC1(C(=O)O)CCCC1. The second kappa shape index (κ2) is 5.16. The molecule has 2 aromatic rings. The van der Waals surface area contributed by atoms with Crippen molar-refractivity contribution in [1.82, 2.24) is 20.3 Å². The van der Waals surface area contributed by atoms with Gasteiger partial charge in [-0.3, -0.25) is 4.79 Å². The van der Waals surface area contributed by atoms with Gasteiger partial charge in [0.25, 0.3) is 0 Å². The maximum absolute atomic E-state index is 12.2. The summed E-state index contributed by atoms with van der Waals surface area (Å²) in [6.07, 6.45) is 2.59. The summed E-state index contributed by atoms with van der Waals surface area (Å²) in [5, 5.41) is 19.9. The zero-order valence-electron chi connectivity index (χ0n) is 11.5. The van der Waals surface area contributed by atoms with Gasteiger partial charge in [-0.1, -0.05) is 30.2 Å². The molecule has 0 radical (unpaired) electrons. The minimum Gasteiger partial charge on any atom is -0.480 e. The van der Waals surface area contributed by atoms with E-state index in [2.05, 4.69) is 15.6 Å². The van der Waals surface area contributed by atoms with Crippen LogP contribution in [0.2, 0.25) is 0 Å². The van der Waals surface area contributed by atoms with Crippen LogP contribution in [-0.4, -0.2) is 37.5 Å². The monoisotopic (exact) mass is 288 g/mol. The molecule has 1 heterocycles. The van der Waals surface area contributed by atoms with Crippen LogP contribution in [0.25, 0.3) is 11.0 Å². The summed E-state index contributed by atoms with van der Waals surface area (Å²) in [6.45, 7) is -0.0322. The Morgan fingerprint density at radius 2 is 2.00 bits per heavy atom. The topological polar surface area (TPSA) is 97.1 Å². The smallest absolute Gasteiger partial charge is 0.329 e. The summed E-state index contributed by atoms with van der Waals surface area (Å²) in [6, 6.07) is 7.33. The zero-order chi connectivity index (χ0) is 14.9. The van der Waals surface area contributed by atoms with Gasteiger partial charge in [-0.05, 0) is 25.0 Å². The largest absolute Gasteiger partial charge is 0.480 e. The van der Waals surface area contributed by atoms with Gasteiger partial charge in [-0.15, -0.1) is 5.10 Å². The third kappa shape index (κ3) is 2.46. The quantitative estimate of drug-likeness (QED) is 0.872. The molecule has 110 valence electrons. The first-order valence-corrected chi connectivity index (χ1v) is 6.93. The van der Waals surface area contributed by atoms with Gasteiger partial charge >= 0.3 is 5.97 Å². The van der Waals surface area contributed by atoms with E-state index in [1.165, 1.54) is 4.68 Å². The standard InChI is InChI=1S/C14H16N4O3/c19-12(15-14(13(20)21)7-3-4-8-14)9-18-11-6-2-1-5-10(11)16-17-18/h1-2,5-6H,3-4,7-9H2,(H,15,19)(H,20,21). The Bertz CT molecular complexity index is 688. The fourth-order valence-electron chi connectivity index (χ4n) is 2.85. The summed E-state index contributed by atoms with van der Waals surface area (Å²) < 4.78 is 1.48. The van der Waals surface area contributed by atoms with Crippen LogP contribution >= 0.6 is 0 Å². The molecule has 0 atom stereocenters. The number of rotatable bonds is 4. The summed E-state index contributed by atoms with van der Waals surface area (Å²) >= 11 is 0. The molecular weight excluding hydrogens is 272 g/mol. The number of carboxylic acids is 1. The molecule has 2 N–H and O–H groups in total. The van der Waals surface area contributed by atoms with E-state index < -0.39 is 11.5 Å². The molecule has 1 aromatic carbocycles. The van der Waals surface area contributed by atoms with Crippen LogP contribution < -0.4 is 5.32 Å². The number of fused-ring (bicyclic) bond motifs is 1. The fraction of sp³-hybridized carbons (Fsp3) is 0.429. The van der Waals surface area contributed by atoms with Crippen molar-refractivity contribution >= 4 is 22.9 Å². The zero-order valence-corrected chi connectivity index (χ0v) is 11.5. The number of aromatic nitrogens is 3. The van der Waals surface area contributed by atoms with Crippen LogP contribution in [-0.2, 0) is 16.1 Å². The van der Waals surface area contributed by atoms with Gasteiger partial charge in [0.1, 0.15) is 17.6 Å². The Labute approximate surface area is 120 Å². The number of aliphatic carboxylic acids is 1. The molecule has 0 bridgehead atoms. The Balaban J connectivity index is 1.76. The first kappa shape index (κ1) is 13.5. The van der Waals surface area contributed by atoms with E-state index >= 15 is 0 Å². The molecule has 0 aliphatic heterocycles. The first-order valence-electron chi connectivity index (χ1n) is 6.93. The molecule has 0 unspecified atom stereocenters. The van der Waals surface area contributed by atoms with Crippen molar-refractivity contribution in [2.45, 2.75) is 37.8 Å². The molecule has 1 amide bonds. The molecule has 1 saturated carbocycles. The van der Waals surface area contributed by atoms with Crippen molar-refractivity contribution in [3.05, 3.63) is 24.3 Å². The molecular formula is C14H16N4O3. The lowest BCUT2D eigenvalue weighted by Crippen LogP contribution is -2.53. The van der Waals surface area contributed by atoms with E-state index in [-0.39, 0.29) is 12.5 Å². The van der Waals surface area contributed by atoms with Gasteiger partial charge in [-0.2, -0.15) is 0 Å². The molecule has 21 heavy (non-hydrogen) atoms. The lowest BCUT2D eigenvalue weighted by Gasteiger charge is -2.25. The van der Waals surface area contributed by atoms with E-state index in [0.717, 1.165) is 18.4 Å². The number of amides is 1.